The second-order valence-corrected chi connectivity index (χ2v) is 2.16. The topological polar surface area (TPSA) is 74.6 Å². The molecule has 0 spiro atoms. The predicted molar refractivity (Wildman–Crippen MR) is 61.0 cm³/mol. The molecule has 0 bridgehead atoms. The summed E-state index contributed by atoms with van der Waals surface area (Å²) in [4.78, 5) is 20.9. The monoisotopic (exact) mass is 268 g/mol. The molecule has 0 saturated carbocycles. The second kappa shape index (κ2) is 15.0. The highest BCUT2D eigenvalue weighted by Gasteiger charge is 2.13. The van der Waals surface area contributed by atoms with Crippen LogP contribution >= 0.6 is 0 Å². The maximum atomic E-state index is 10.5. The summed E-state index contributed by atoms with van der Waals surface area (Å²) in [6, 6.07) is 5.48. The quantitative estimate of drug-likeness (QED) is 0.860. The van der Waals surface area contributed by atoms with Crippen molar-refractivity contribution in [3.8, 4) is 0 Å². The van der Waals surface area contributed by atoms with Gasteiger partial charge in [0, 0.05) is 9.15 Å². The molecule has 0 amide bonds. The van der Waals surface area contributed by atoms with Gasteiger partial charge >= 0.3 is 11.9 Å². The Morgan fingerprint density at radius 2 is 1.11 bits per heavy atom. The Morgan fingerprint density at radius 1 is 0.889 bits per heavy atom. The summed E-state index contributed by atoms with van der Waals surface area (Å²) >= 11 is 0. The fourth-order valence-electron chi connectivity index (χ4n) is 0.856. The molecule has 0 aliphatic rings. The highest BCUT2D eigenvalue weighted by atomic mass is 20.0. The van der Waals surface area contributed by atoms with Crippen molar-refractivity contribution in [1.29, 1.82) is 0 Å². The molecular formula is C11H15F3O4. The molecule has 1 rings (SSSR count). The molecule has 18 heavy (non-hydrogen) atoms. The summed E-state index contributed by atoms with van der Waals surface area (Å²) in [6.07, 6.45) is 0. The molecule has 0 aliphatic heterocycles. The first-order chi connectivity index (χ1) is 8.63. The van der Waals surface area contributed by atoms with Gasteiger partial charge in [0.15, 0.2) is 0 Å². The van der Waals surface area contributed by atoms with Gasteiger partial charge in [-0.1, -0.05) is 26.0 Å². The number of carboxylic acids is 2. The maximum absolute atomic E-state index is 10.5. The SMILES string of the molecule is CC.CF.FF.O=C(O)c1ccccc1C(=O)O. The molecule has 0 unspecified atom stereocenters. The van der Waals surface area contributed by atoms with E-state index in [4.69, 9.17) is 19.4 Å². The molecule has 104 valence electrons. The Hall–Kier alpha value is -2.05. The molecule has 0 heterocycles. The zero-order valence-corrected chi connectivity index (χ0v) is 10.2. The number of aromatic carboxylic acids is 2. The van der Waals surface area contributed by atoms with Crippen LogP contribution in [0.2, 0.25) is 0 Å². The van der Waals surface area contributed by atoms with Crippen LogP contribution in [-0.4, -0.2) is 29.3 Å². The van der Waals surface area contributed by atoms with Crippen LogP contribution in [0.5, 0.6) is 0 Å². The van der Waals surface area contributed by atoms with Crippen molar-refractivity contribution >= 4 is 11.9 Å². The van der Waals surface area contributed by atoms with E-state index in [9.17, 15) is 14.0 Å². The van der Waals surface area contributed by atoms with Crippen LogP contribution in [-0.2, 0) is 0 Å². The number of hydrogen-bond donors (Lipinski definition) is 2. The van der Waals surface area contributed by atoms with E-state index in [1.54, 1.807) is 0 Å². The number of carbonyl (C=O) groups is 2. The van der Waals surface area contributed by atoms with E-state index in [-0.39, 0.29) is 11.1 Å². The first kappa shape index (κ1) is 21.3. The smallest absolute Gasteiger partial charge is 0.336 e. The largest absolute Gasteiger partial charge is 0.478 e. The van der Waals surface area contributed by atoms with Crippen molar-refractivity contribution in [2.24, 2.45) is 0 Å². The van der Waals surface area contributed by atoms with E-state index in [2.05, 4.69) is 0 Å². The van der Waals surface area contributed by atoms with Gasteiger partial charge in [-0.3, -0.25) is 4.39 Å². The first-order valence-electron chi connectivity index (χ1n) is 4.70. The summed E-state index contributed by atoms with van der Waals surface area (Å²) in [5.41, 5.74) is -0.380. The highest BCUT2D eigenvalue weighted by Crippen LogP contribution is 2.07. The van der Waals surface area contributed by atoms with Gasteiger partial charge in [0.1, 0.15) is 0 Å². The first-order valence-corrected chi connectivity index (χ1v) is 4.70. The van der Waals surface area contributed by atoms with Crippen molar-refractivity contribution in [3.63, 3.8) is 0 Å². The zero-order chi connectivity index (χ0) is 15.1. The maximum Gasteiger partial charge on any atom is 0.336 e. The molecule has 1 aromatic carbocycles. The summed E-state index contributed by atoms with van der Waals surface area (Å²) in [7, 11) is 0.500. The molecule has 0 aliphatic carbocycles. The van der Waals surface area contributed by atoms with E-state index < -0.39 is 11.9 Å². The third-order valence-corrected chi connectivity index (χ3v) is 1.39. The third-order valence-electron chi connectivity index (χ3n) is 1.39. The lowest BCUT2D eigenvalue weighted by Gasteiger charge is -1.98. The van der Waals surface area contributed by atoms with Crippen LogP contribution < -0.4 is 0 Å². The average molecular weight is 268 g/mol. The van der Waals surface area contributed by atoms with Gasteiger partial charge in [-0.05, 0) is 12.1 Å². The predicted octanol–water partition coefficient (Wildman–Crippen LogP) is 3.54. The lowest BCUT2D eigenvalue weighted by molar-refractivity contribution is 0.0651. The molecule has 0 radical (unpaired) electrons. The highest BCUT2D eigenvalue weighted by molar-refractivity contribution is 6.01. The van der Waals surface area contributed by atoms with Crippen molar-refractivity contribution in [1.82, 2.24) is 0 Å². The third kappa shape index (κ3) is 8.14. The van der Waals surface area contributed by atoms with Crippen LogP contribution in [0.25, 0.3) is 0 Å². The van der Waals surface area contributed by atoms with E-state index in [1.165, 1.54) is 24.3 Å². The summed E-state index contributed by atoms with van der Waals surface area (Å²) in [5, 5.41) is 17.1. The molecule has 4 nitrogen and oxygen atoms in total. The van der Waals surface area contributed by atoms with Crippen LogP contribution in [0.4, 0.5) is 13.5 Å². The fraction of sp³-hybridized carbons (Fsp3) is 0.273. The minimum absolute atomic E-state index is 0.190. The van der Waals surface area contributed by atoms with Gasteiger partial charge in [0.25, 0.3) is 0 Å². The van der Waals surface area contributed by atoms with Crippen LogP contribution in [0, 0.1) is 0 Å². The van der Waals surface area contributed by atoms with E-state index in [1.807, 2.05) is 13.8 Å². The molecule has 7 heteroatoms. The van der Waals surface area contributed by atoms with Gasteiger partial charge in [-0.15, -0.1) is 0 Å². The summed E-state index contributed by atoms with van der Waals surface area (Å²) < 4.78 is 25.5. The van der Waals surface area contributed by atoms with E-state index >= 15 is 0 Å². The van der Waals surface area contributed by atoms with Crippen molar-refractivity contribution in [2.45, 2.75) is 13.8 Å². The number of alkyl halides is 1. The van der Waals surface area contributed by atoms with Gasteiger partial charge in [-0.2, -0.15) is 0 Å². The van der Waals surface area contributed by atoms with E-state index in [0.717, 1.165) is 0 Å². The standard InChI is InChI=1S/C8H6O4.C2H6.CH3F.F2/c9-7(10)5-3-1-2-4-6(5)8(11)12;3*1-2/h1-4H,(H,9,10)(H,11,12);1-2H3;1H3;. The molecule has 0 saturated heterocycles. The lowest BCUT2D eigenvalue weighted by atomic mass is 10.1. The van der Waals surface area contributed by atoms with Crippen molar-refractivity contribution in [2.75, 3.05) is 7.18 Å². The Balaban J connectivity index is -0.000000328. The molecule has 0 fully saturated rings. The van der Waals surface area contributed by atoms with Crippen LogP contribution in [0.3, 0.4) is 0 Å². The number of carboxylic acid groups (broad SMARTS) is 2. The van der Waals surface area contributed by atoms with Gasteiger partial charge in [-0.25, -0.2) is 9.59 Å². The van der Waals surface area contributed by atoms with Crippen LogP contribution in [0.15, 0.2) is 24.3 Å². The molecule has 1 aromatic rings. The summed E-state index contributed by atoms with van der Waals surface area (Å²) in [5.74, 6) is -2.46. The molecule has 0 aromatic heterocycles. The van der Waals surface area contributed by atoms with Gasteiger partial charge in [0.2, 0.25) is 0 Å². The second-order valence-electron chi connectivity index (χ2n) is 2.16. The number of benzene rings is 1. The molecule has 0 atom stereocenters. The Labute approximate surface area is 103 Å². The van der Waals surface area contributed by atoms with Gasteiger partial charge < -0.3 is 10.2 Å². The molecular weight excluding hydrogens is 253 g/mol. The average Bonchev–Trinajstić information content (AvgIpc) is 2.45. The lowest BCUT2D eigenvalue weighted by Crippen LogP contribution is -2.06. The minimum atomic E-state index is -1.23. The number of hydrogen-bond acceptors (Lipinski definition) is 2. The fourth-order valence-corrected chi connectivity index (χ4v) is 0.856. The Morgan fingerprint density at radius 3 is 1.28 bits per heavy atom. The normalized spacial score (nSPS) is 7.22. The van der Waals surface area contributed by atoms with E-state index in [0.29, 0.717) is 7.18 Å². The number of rotatable bonds is 2. The van der Waals surface area contributed by atoms with Crippen LogP contribution in [0.1, 0.15) is 34.6 Å². The Bertz CT molecular complexity index is 310. The Kier molecular flexibility index (Phi) is 17.7. The van der Waals surface area contributed by atoms with Crippen molar-refractivity contribution in [3.05, 3.63) is 35.4 Å². The molecule has 2 N–H and O–H groups in total. The minimum Gasteiger partial charge on any atom is -0.478 e. The number of halogens is 3. The zero-order valence-electron chi connectivity index (χ0n) is 10.2. The summed E-state index contributed by atoms with van der Waals surface area (Å²) in [6.45, 7) is 4.00. The van der Waals surface area contributed by atoms with Gasteiger partial charge in [0.05, 0.1) is 18.3 Å². The van der Waals surface area contributed by atoms with Crippen molar-refractivity contribution < 1.29 is 33.3 Å².